The second kappa shape index (κ2) is 5.23. The van der Waals surface area contributed by atoms with Crippen LogP contribution in [0.1, 0.15) is 19.0 Å². The van der Waals surface area contributed by atoms with E-state index in [1.807, 2.05) is 10.9 Å². The van der Waals surface area contributed by atoms with Gasteiger partial charge in [0, 0.05) is 31.8 Å². The number of rotatable bonds is 5. The normalized spacial score (nSPS) is 21.0. The number of hydrogen-bond donors (Lipinski definition) is 1. The molecule has 0 aromatic carbocycles. The van der Waals surface area contributed by atoms with Crippen LogP contribution in [0.25, 0.3) is 0 Å². The van der Waals surface area contributed by atoms with Crippen LogP contribution in [0.3, 0.4) is 0 Å². The Kier molecular flexibility index (Phi) is 3.69. The minimum absolute atomic E-state index is 0.610. The summed E-state index contributed by atoms with van der Waals surface area (Å²) in [6, 6.07) is 0. The first-order valence-electron chi connectivity index (χ1n) is 5.56. The number of ether oxygens (including phenoxy) is 1. The van der Waals surface area contributed by atoms with E-state index in [-0.39, 0.29) is 0 Å². The highest BCUT2D eigenvalue weighted by Gasteiger charge is 2.16. The van der Waals surface area contributed by atoms with E-state index in [9.17, 15) is 0 Å². The predicted octanol–water partition coefficient (Wildman–Crippen LogP) is 0.424. The molecule has 1 N–H and O–H groups in total. The van der Waals surface area contributed by atoms with Crippen LogP contribution in [0.5, 0.6) is 0 Å². The lowest BCUT2D eigenvalue weighted by atomic mass is 10.1. The number of hydrogen-bond acceptors (Lipinski definition) is 4. The molecule has 0 unspecified atom stereocenters. The van der Waals surface area contributed by atoms with E-state index in [0.29, 0.717) is 5.92 Å². The molecule has 0 radical (unpaired) electrons. The van der Waals surface area contributed by atoms with Crippen LogP contribution in [-0.4, -0.2) is 34.8 Å². The summed E-state index contributed by atoms with van der Waals surface area (Å²) in [4.78, 5) is 0. The zero-order valence-electron chi connectivity index (χ0n) is 9.15. The molecule has 1 aromatic rings. The zero-order valence-corrected chi connectivity index (χ0v) is 9.15. The third-order valence-electron chi connectivity index (χ3n) is 2.61. The van der Waals surface area contributed by atoms with Gasteiger partial charge in [-0.1, -0.05) is 12.1 Å². The Morgan fingerprint density at radius 2 is 2.60 bits per heavy atom. The van der Waals surface area contributed by atoms with Gasteiger partial charge in [0.2, 0.25) is 0 Å². The van der Waals surface area contributed by atoms with Gasteiger partial charge >= 0.3 is 0 Å². The molecule has 1 aliphatic heterocycles. The molecule has 1 aliphatic rings. The van der Waals surface area contributed by atoms with Gasteiger partial charge in [-0.15, -0.1) is 5.10 Å². The van der Waals surface area contributed by atoms with Crippen molar-refractivity contribution in [3.63, 3.8) is 0 Å². The van der Waals surface area contributed by atoms with E-state index in [0.717, 1.165) is 45.0 Å². The van der Waals surface area contributed by atoms with Crippen molar-refractivity contribution in [1.82, 2.24) is 20.3 Å². The molecule has 1 saturated heterocycles. The second-order valence-corrected chi connectivity index (χ2v) is 3.94. The lowest BCUT2D eigenvalue weighted by Crippen LogP contribution is -2.12. The second-order valence-electron chi connectivity index (χ2n) is 3.94. The number of aromatic nitrogens is 3. The summed E-state index contributed by atoms with van der Waals surface area (Å²) in [7, 11) is 0. The van der Waals surface area contributed by atoms with Crippen LogP contribution < -0.4 is 5.32 Å². The van der Waals surface area contributed by atoms with Crippen molar-refractivity contribution in [2.45, 2.75) is 26.4 Å². The highest BCUT2D eigenvalue weighted by atomic mass is 16.5. The van der Waals surface area contributed by atoms with Crippen molar-refractivity contribution in [3.05, 3.63) is 11.9 Å². The lowest BCUT2D eigenvalue weighted by Gasteiger charge is -2.05. The largest absolute Gasteiger partial charge is 0.381 e. The molecular formula is C10H18N4O. The third kappa shape index (κ3) is 3.00. The average molecular weight is 210 g/mol. The Bertz CT molecular complexity index is 293. The van der Waals surface area contributed by atoms with Crippen LogP contribution in [0, 0.1) is 5.92 Å². The summed E-state index contributed by atoms with van der Waals surface area (Å²) in [6.07, 6.45) is 3.16. The summed E-state index contributed by atoms with van der Waals surface area (Å²) >= 11 is 0. The van der Waals surface area contributed by atoms with E-state index in [1.54, 1.807) is 0 Å². The van der Waals surface area contributed by atoms with Crippen molar-refractivity contribution < 1.29 is 4.74 Å². The Morgan fingerprint density at radius 3 is 3.33 bits per heavy atom. The Morgan fingerprint density at radius 1 is 1.67 bits per heavy atom. The van der Waals surface area contributed by atoms with Gasteiger partial charge in [0.15, 0.2) is 0 Å². The van der Waals surface area contributed by atoms with E-state index in [1.165, 1.54) is 0 Å². The molecule has 1 fully saturated rings. The summed E-state index contributed by atoms with van der Waals surface area (Å²) in [5.74, 6) is 0.610. The van der Waals surface area contributed by atoms with E-state index < -0.39 is 0 Å². The van der Waals surface area contributed by atoms with Gasteiger partial charge in [-0.2, -0.15) is 0 Å². The molecule has 2 rings (SSSR count). The van der Waals surface area contributed by atoms with Crippen LogP contribution in [0.2, 0.25) is 0 Å². The minimum Gasteiger partial charge on any atom is -0.381 e. The highest BCUT2D eigenvalue weighted by Crippen LogP contribution is 2.13. The van der Waals surface area contributed by atoms with Gasteiger partial charge < -0.3 is 10.1 Å². The third-order valence-corrected chi connectivity index (χ3v) is 2.61. The zero-order chi connectivity index (χ0) is 10.5. The monoisotopic (exact) mass is 210 g/mol. The first-order valence-corrected chi connectivity index (χ1v) is 5.56. The van der Waals surface area contributed by atoms with Gasteiger partial charge in [0.25, 0.3) is 0 Å². The fourth-order valence-corrected chi connectivity index (χ4v) is 1.75. The van der Waals surface area contributed by atoms with Gasteiger partial charge in [-0.3, -0.25) is 4.68 Å². The molecule has 0 aliphatic carbocycles. The summed E-state index contributed by atoms with van der Waals surface area (Å²) in [5, 5.41) is 11.4. The topological polar surface area (TPSA) is 52.0 Å². The molecule has 2 heterocycles. The summed E-state index contributed by atoms with van der Waals surface area (Å²) in [6.45, 7) is 6.53. The van der Waals surface area contributed by atoms with E-state index in [4.69, 9.17) is 4.74 Å². The van der Waals surface area contributed by atoms with Crippen LogP contribution in [-0.2, 0) is 17.8 Å². The molecule has 5 heteroatoms. The van der Waals surface area contributed by atoms with Crippen molar-refractivity contribution in [2.75, 3.05) is 19.8 Å². The molecule has 84 valence electrons. The summed E-state index contributed by atoms with van der Waals surface area (Å²) < 4.78 is 7.25. The summed E-state index contributed by atoms with van der Waals surface area (Å²) in [5.41, 5.74) is 1.01. The maximum Gasteiger partial charge on any atom is 0.0964 e. The molecule has 5 nitrogen and oxygen atoms in total. The van der Waals surface area contributed by atoms with Gasteiger partial charge in [-0.05, 0) is 13.0 Å². The molecule has 1 aromatic heterocycles. The fraction of sp³-hybridized carbons (Fsp3) is 0.800. The maximum absolute atomic E-state index is 5.33. The van der Waals surface area contributed by atoms with E-state index >= 15 is 0 Å². The van der Waals surface area contributed by atoms with Crippen LogP contribution in [0.15, 0.2) is 6.20 Å². The SMILES string of the molecule is CCNCc1cn(C[C@@H]2CCOC2)nn1. The Hall–Kier alpha value is -0.940. The number of nitrogens with zero attached hydrogens (tertiary/aromatic N) is 3. The molecule has 15 heavy (non-hydrogen) atoms. The smallest absolute Gasteiger partial charge is 0.0964 e. The minimum atomic E-state index is 0.610. The van der Waals surface area contributed by atoms with Crippen molar-refractivity contribution in [1.29, 1.82) is 0 Å². The highest BCUT2D eigenvalue weighted by molar-refractivity contribution is 4.91. The fourth-order valence-electron chi connectivity index (χ4n) is 1.75. The quantitative estimate of drug-likeness (QED) is 0.765. The Balaban J connectivity index is 1.83. The van der Waals surface area contributed by atoms with Gasteiger partial charge in [0.05, 0.1) is 12.3 Å². The first-order chi connectivity index (χ1) is 7.38. The van der Waals surface area contributed by atoms with Gasteiger partial charge in [-0.25, -0.2) is 0 Å². The predicted molar refractivity (Wildman–Crippen MR) is 56.3 cm³/mol. The molecule has 1 atom stereocenters. The van der Waals surface area contributed by atoms with Crippen molar-refractivity contribution in [2.24, 2.45) is 5.92 Å². The van der Waals surface area contributed by atoms with Gasteiger partial charge in [0.1, 0.15) is 0 Å². The maximum atomic E-state index is 5.33. The standard InChI is InChI=1S/C10H18N4O/c1-2-11-5-10-7-14(13-12-10)6-9-3-4-15-8-9/h7,9,11H,2-6,8H2,1H3/t9-/m0/s1. The first kappa shape index (κ1) is 10.6. The Labute approximate surface area is 89.8 Å². The molecular weight excluding hydrogens is 192 g/mol. The van der Waals surface area contributed by atoms with Crippen LogP contribution >= 0.6 is 0 Å². The number of nitrogens with one attached hydrogen (secondary N) is 1. The molecule has 0 bridgehead atoms. The van der Waals surface area contributed by atoms with E-state index in [2.05, 4.69) is 22.6 Å². The molecule has 0 amide bonds. The molecule has 0 saturated carbocycles. The van der Waals surface area contributed by atoms with Crippen molar-refractivity contribution in [3.8, 4) is 0 Å². The molecule has 0 spiro atoms. The lowest BCUT2D eigenvalue weighted by molar-refractivity contribution is 0.181. The van der Waals surface area contributed by atoms with Crippen molar-refractivity contribution >= 4 is 0 Å². The van der Waals surface area contributed by atoms with Crippen LogP contribution in [0.4, 0.5) is 0 Å². The average Bonchev–Trinajstić information content (AvgIpc) is 2.87.